The first-order valence-electron chi connectivity index (χ1n) is 11.8. The van der Waals surface area contributed by atoms with Crippen molar-refractivity contribution in [2.45, 2.75) is 26.4 Å². The molecule has 0 fully saturated rings. The van der Waals surface area contributed by atoms with Crippen molar-refractivity contribution in [1.29, 1.82) is 0 Å². The molecule has 0 bridgehead atoms. The maximum absolute atomic E-state index is 11.5. The van der Waals surface area contributed by atoms with E-state index in [1.807, 2.05) is 20.8 Å². The van der Waals surface area contributed by atoms with Crippen molar-refractivity contribution >= 4 is 12.3 Å². The summed E-state index contributed by atoms with van der Waals surface area (Å²) < 4.78 is 42.9. The number of hydrogen-bond acceptors (Lipinski definition) is 10. The molecule has 0 atom stereocenters. The molecule has 35 heavy (non-hydrogen) atoms. The van der Waals surface area contributed by atoms with E-state index in [1.165, 1.54) is 0 Å². The molecule has 0 aliphatic carbocycles. The molecule has 0 saturated carbocycles. The predicted molar refractivity (Wildman–Crippen MR) is 128 cm³/mol. The average molecular weight is 501 g/mol. The number of benzene rings is 1. The first-order valence-corrected chi connectivity index (χ1v) is 11.8. The molecular weight excluding hydrogens is 460 g/mol. The van der Waals surface area contributed by atoms with E-state index in [2.05, 4.69) is 0 Å². The molecule has 10 nitrogen and oxygen atoms in total. The zero-order valence-corrected chi connectivity index (χ0v) is 21.2. The Bertz CT molecular complexity index is 657. The van der Waals surface area contributed by atoms with Gasteiger partial charge in [0.1, 0.15) is 30.9 Å². The summed E-state index contributed by atoms with van der Waals surface area (Å²) in [4.78, 5) is 22.0. The van der Waals surface area contributed by atoms with Crippen molar-refractivity contribution < 1.29 is 47.5 Å². The molecule has 0 aliphatic heterocycles. The van der Waals surface area contributed by atoms with Crippen LogP contribution in [0.15, 0.2) is 24.3 Å². The summed E-state index contributed by atoms with van der Waals surface area (Å²) in [6, 6.07) is 6.91. The highest BCUT2D eigenvalue weighted by molar-refractivity contribution is 5.74. The van der Waals surface area contributed by atoms with Crippen LogP contribution in [0.4, 0.5) is 0 Å². The van der Waals surface area contributed by atoms with E-state index < -0.39 is 5.60 Å². The zero-order chi connectivity index (χ0) is 25.6. The minimum Gasteiger partial charge on any atom is -0.491 e. The van der Waals surface area contributed by atoms with Gasteiger partial charge in [-0.05, 0) is 45.0 Å². The van der Waals surface area contributed by atoms with Crippen LogP contribution >= 0.6 is 0 Å². The Morgan fingerprint density at radius 1 is 0.657 bits per heavy atom. The highest BCUT2D eigenvalue weighted by Crippen LogP contribution is 2.10. The van der Waals surface area contributed by atoms with E-state index in [9.17, 15) is 9.59 Å². The lowest BCUT2D eigenvalue weighted by molar-refractivity contribution is -0.160. The largest absolute Gasteiger partial charge is 0.491 e. The average Bonchev–Trinajstić information content (AvgIpc) is 2.82. The van der Waals surface area contributed by atoms with Crippen LogP contribution in [0.25, 0.3) is 0 Å². The van der Waals surface area contributed by atoms with Gasteiger partial charge in [0.05, 0.1) is 72.7 Å². The number of esters is 1. The fourth-order valence-corrected chi connectivity index (χ4v) is 2.49. The highest BCUT2D eigenvalue weighted by Gasteiger charge is 2.15. The van der Waals surface area contributed by atoms with Crippen molar-refractivity contribution in [3.05, 3.63) is 29.8 Å². The number of aldehydes is 1. The summed E-state index contributed by atoms with van der Waals surface area (Å²) in [6.07, 6.45) is 0.793. The van der Waals surface area contributed by atoms with Crippen molar-refractivity contribution in [2.75, 3.05) is 85.9 Å². The van der Waals surface area contributed by atoms with E-state index in [-0.39, 0.29) is 12.6 Å². The fourth-order valence-electron chi connectivity index (χ4n) is 2.49. The van der Waals surface area contributed by atoms with Gasteiger partial charge in [0, 0.05) is 5.56 Å². The standard InChI is InChI=1S/C25H40O10/c1-25(2,3)35-24(27)21-33-17-16-31-13-12-29-9-8-28-10-11-30-14-15-32-18-19-34-23-6-4-22(20-26)5-7-23/h4-7,20H,8-19,21H2,1-3H3. The highest BCUT2D eigenvalue weighted by atomic mass is 16.6. The molecule has 0 spiro atoms. The molecule has 0 aromatic heterocycles. The molecule has 0 aliphatic rings. The van der Waals surface area contributed by atoms with Gasteiger partial charge in [0.2, 0.25) is 0 Å². The molecule has 0 heterocycles. The van der Waals surface area contributed by atoms with E-state index >= 15 is 0 Å². The third-order valence-corrected chi connectivity index (χ3v) is 4.01. The lowest BCUT2D eigenvalue weighted by Crippen LogP contribution is -2.27. The molecule has 200 valence electrons. The van der Waals surface area contributed by atoms with Crippen molar-refractivity contribution in [1.82, 2.24) is 0 Å². The van der Waals surface area contributed by atoms with Gasteiger partial charge in [-0.3, -0.25) is 4.79 Å². The second-order valence-electron chi connectivity index (χ2n) is 8.24. The summed E-state index contributed by atoms with van der Waals surface area (Å²) in [7, 11) is 0. The van der Waals surface area contributed by atoms with E-state index in [0.717, 1.165) is 6.29 Å². The maximum atomic E-state index is 11.5. The first kappa shape index (κ1) is 31.0. The zero-order valence-electron chi connectivity index (χ0n) is 21.2. The Kier molecular flexibility index (Phi) is 17.8. The summed E-state index contributed by atoms with van der Waals surface area (Å²) in [5, 5.41) is 0. The van der Waals surface area contributed by atoms with Gasteiger partial charge in [-0.2, -0.15) is 0 Å². The smallest absolute Gasteiger partial charge is 0.332 e. The molecule has 0 N–H and O–H groups in total. The van der Waals surface area contributed by atoms with Crippen LogP contribution in [0, 0.1) is 0 Å². The van der Waals surface area contributed by atoms with Gasteiger partial charge >= 0.3 is 5.97 Å². The number of carbonyl (C=O) groups is 2. The van der Waals surface area contributed by atoms with Crippen LogP contribution in [-0.4, -0.2) is 104 Å². The quantitative estimate of drug-likeness (QED) is 0.134. The van der Waals surface area contributed by atoms with Crippen molar-refractivity contribution in [2.24, 2.45) is 0 Å². The maximum Gasteiger partial charge on any atom is 0.332 e. The van der Waals surface area contributed by atoms with Crippen LogP contribution in [0.2, 0.25) is 0 Å². The lowest BCUT2D eigenvalue weighted by Gasteiger charge is -2.19. The molecule has 1 aromatic carbocycles. The van der Waals surface area contributed by atoms with E-state index in [4.69, 9.17) is 37.9 Å². The van der Waals surface area contributed by atoms with E-state index in [0.29, 0.717) is 90.6 Å². The van der Waals surface area contributed by atoms with Gasteiger partial charge in [-0.1, -0.05) is 0 Å². The Morgan fingerprint density at radius 3 is 1.46 bits per heavy atom. The number of ether oxygens (including phenoxy) is 8. The third kappa shape index (κ3) is 19.9. The molecule has 0 amide bonds. The number of rotatable bonds is 22. The van der Waals surface area contributed by atoms with Crippen molar-refractivity contribution in [3.8, 4) is 5.75 Å². The number of hydrogen-bond donors (Lipinski definition) is 0. The van der Waals surface area contributed by atoms with Gasteiger partial charge in [-0.25, -0.2) is 4.79 Å². The van der Waals surface area contributed by atoms with Crippen LogP contribution in [0.3, 0.4) is 0 Å². The Morgan fingerprint density at radius 2 is 1.06 bits per heavy atom. The minimum absolute atomic E-state index is 0.0828. The second kappa shape index (κ2) is 20.1. The molecule has 0 radical (unpaired) electrons. The summed E-state index contributed by atoms with van der Waals surface area (Å²) >= 11 is 0. The number of carbonyl (C=O) groups excluding carboxylic acids is 2. The minimum atomic E-state index is -0.508. The van der Waals surface area contributed by atoms with E-state index in [1.54, 1.807) is 24.3 Å². The van der Waals surface area contributed by atoms with Gasteiger partial charge in [-0.15, -0.1) is 0 Å². The van der Waals surface area contributed by atoms with Gasteiger partial charge in [0.25, 0.3) is 0 Å². The van der Waals surface area contributed by atoms with Crippen LogP contribution in [0.5, 0.6) is 5.75 Å². The molecule has 10 heteroatoms. The topological polar surface area (TPSA) is 108 Å². The normalized spacial score (nSPS) is 11.4. The van der Waals surface area contributed by atoms with Gasteiger partial charge in [0.15, 0.2) is 0 Å². The molecule has 0 unspecified atom stereocenters. The summed E-state index contributed by atoms with van der Waals surface area (Å²) in [5.41, 5.74) is 0.107. The van der Waals surface area contributed by atoms with Gasteiger partial charge < -0.3 is 37.9 Å². The third-order valence-electron chi connectivity index (χ3n) is 4.01. The predicted octanol–water partition coefficient (Wildman–Crippen LogP) is 2.32. The Hall–Kier alpha value is -2.08. The van der Waals surface area contributed by atoms with Crippen LogP contribution in [0.1, 0.15) is 31.1 Å². The molecule has 1 aromatic rings. The SMILES string of the molecule is CC(C)(C)OC(=O)COCCOCCOCCOCCOCCOCCOc1ccc(C=O)cc1. The van der Waals surface area contributed by atoms with Crippen molar-refractivity contribution in [3.63, 3.8) is 0 Å². The second-order valence-corrected chi connectivity index (χ2v) is 8.24. The molecule has 0 saturated heterocycles. The monoisotopic (exact) mass is 500 g/mol. The van der Waals surface area contributed by atoms with Crippen LogP contribution in [-0.2, 0) is 38.0 Å². The summed E-state index contributed by atoms with van der Waals surface area (Å²) in [5.74, 6) is 0.312. The summed E-state index contributed by atoms with van der Waals surface area (Å²) in [6.45, 7) is 10.7. The molecule has 1 rings (SSSR count). The molecular formula is C25H40O10. The van der Waals surface area contributed by atoms with Crippen LogP contribution < -0.4 is 4.74 Å². The first-order chi connectivity index (χ1) is 16.9. The Balaban J connectivity index is 1.73. The fraction of sp³-hybridized carbons (Fsp3) is 0.680. The lowest BCUT2D eigenvalue weighted by atomic mass is 10.2. The Labute approximate surface area is 208 Å².